The highest BCUT2D eigenvalue weighted by Crippen LogP contribution is 2.45. The van der Waals surface area contributed by atoms with E-state index in [4.69, 9.17) is 14.6 Å². The fraction of sp³-hybridized carbons (Fsp3) is 0.289. The topological polar surface area (TPSA) is 110 Å². The third kappa shape index (κ3) is 6.38. The Balaban J connectivity index is 1.37. The summed E-state index contributed by atoms with van der Waals surface area (Å²) in [5.74, 6) is -0.206. The molecule has 9 nitrogen and oxygen atoms in total. The Hall–Kier alpha value is -5.31. The van der Waals surface area contributed by atoms with Crippen LogP contribution < -0.4 is 19.7 Å². The maximum Gasteiger partial charge on any atom is 0.305 e. The van der Waals surface area contributed by atoms with E-state index in [1.807, 2.05) is 23.1 Å². The molecule has 0 saturated heterocycles. The van der Waals surface area contributed by atoms with E-state index in [1.54, 1.807) is 32.4 Å². The normalized spacial score (nSPS) is 15.7. The van der Waals surface area contributed by atoms with E-state index < -0.39 is 5.97 Å². The Bertz CT molecular complexity index is 1880. The molecule has 1 aliphatic heterocycles. The number of carbonyl (C=O) groups excluding carboxylic acids is 2. The van der Waals surface area contributed by atoms with E-state index in [-0.39, 0.29) is 36.9 Å². The van der Waals surface area contributed by atoms with Gasteiger partial charge in [-0.15, -0.1) is 0 Å². The summed E-state index contributed by atoms with van der Waals surface area (Å²) in [5, 5.41) is 13.9. The number of hydrogen-bond donors (Lipinski definition) is 2. The fourth-order valence-corrected chi connectivity index (χ4v) is 6.90. The average molecular weight is 634 g/mol. The summed E-state index contributed by atoms with van der Waals surface area (Å²) >= 11 is 0. The Morgan fingerprint density at radius 3 is 2.15 bits per heavy atom. The highest BCUT2D eigenvalue weighted by Gasteiger charge is 2.38. The van der Waals surface area contributed by atoms with Gasteiger partial charge in [0.2, 0.25) is 5.91 Å². The van der Waals surface area contributed by atoms with Crippen LogP contribution in [0, 0.1) is 0 Å². The maximum atomic E-state index is 14.5. The zero-order valence-corrected chi connectivity index (χ0v) is 26.6. The molecule has 9 heteroatoms. The molecular formula is C38H39N3O6. The lowest BCUT2D eigenvalue weighted by molar-refractivity contribution is -0.136. The number of nitrogens with one attached hydrogen (secondary N) is 1. The second kappa shape index (κ2) is 14.0. The molecule has 1 aromatic heterocycles. The minimum absolute atomic E-state index is 0.0326. The van der Waals surface area contributed by atoms with E-state index in [1.165, 1.54) is 10.8 Å². The van der Waals surface area contributed by atoms with E-state index in [9.17, 15) is 14.4 Å². The number of nitrogens with zero attached hydrogens (tertiary/aromatic N) is 2. The van der Waals surface area contributed by atoms with Crippen LogP contribution in [0.15, 0.2) is 91.0 Å². The number of methoxy groups -OCH3 is 2. The van der Waals surface area contributed by atoms with E-state index in [0.29, 0.717) is 42.7 Å². The minimum atomic E-state index is -0.945. The van der Waals surface area contributed by atoms with Crippen LogP contribution in [0.3, 0.4) is 0 Å². The number of aromatic nitrogens is 1. The first-order valence-corrected chi connectivity index (χ1v) is 16.0. The molecule has 2 N–H and O–H groups in total. The monoisotopic (exact) mass is 633 g/mol. The molecule has 0 fully saturated rings. The van der Waals surface area contributed by atoms with Crippen LogP contribution in [0.25, 0.3) is 21.8 Å². The molecular weight excluding hydrogens is 594 g/mol. The molecule has 2 amide bonds. The lowest BCUT2D eigenvalue weighted by Crippen LogP contribution is -2.46. The summed E-state index contributed by atoms with van der Waals surface area (Å²) in [6.45, 7) is 0.113. The van der Waals surface area contributed by atoms with Crippen molar-refractivity contribution in [1.29, 1.82) is 0 Å². The van der Waals surface area contributed by atoms with Gasteiger partial charge in [-0.3, -0.25) is 14.4 Å². The van der Waals surface area contributed by atoms with Gasteiger partial charge in [-0.1, -0.05) is 61.0 Å². The fourth-order valence-electron chi connectivity index (χ4n) is 6.90. The first-order chi connectivity index (χ1) is 22.9. The smallest absolute Gasteiger partial charge is 0.305 e. The summed E-state index contributed by atoms with van der Waals surface area (Å²) in [5.41, 5.74) is 4.72. The van der Waals surface area contributed by atoms with Gasteiger partial charge in [0.15, 0.2) is 11.5 Å². The third-order valence-electron chi connectivity index (χ3n) is 9.05. The molecule has 2 atom stereocenters. The van der Waals surface area contributed by atoms with Crippen molar-refractivity contribution in [3.63, 3.8) is 0 Å². The standard InChI is InChI=1S/C38H39N3O6/c1-46-34-20-19-25(23-35(34)47-2)38(45)40-26(11-3-10-18-36(42)39-22-21-37(43)44)24-33(29-14-6-9-17-32(29)40)41-30-15-7-4-12-27(30)28-13-5-8-16-31(28)41/h4-9,12-17,19-20,23,26,33H,3,10-11,18,21-22,24H2,1-2H3,(H,39,42)(H,43,44). The third-order valence-corrected chi connectivity index (χ3v) is 9.05. The Kier molecular flexibility index (Phi) is 9.42. The number of carboxylic acids is 1. The number of amides is 2. The average Bonchev–Trinajstić information content (AvgIpc) is 3.43. The number of para-hydroxylation sites is 3. The van der Waals surface area contributed by atoms with Gasteiger partial charge >= 0.3 is 5.97 Å². The summed E-state index contributed by atoms with van der Waals surface area (Å²) in [6, 6.07) is 30.1. The first kappa shape index (κ1) is 31.7. The molecule has 4 aromatic carbocycles. The largest absolute Gasteiger partial charge is 0.493 e. The van der Waals surface area contributed by atoms with Crippen molar-refractivity contribution < 1.29 is 29.0 Å². The van der Waals surface area contributed by atoms with Crippen LogP contribution >= 0.6 is 0 Å². The van der Waals surface area contributed by atoms with Gasteiger partial charge < -0.3 is 29.4 Å². The number of carboxylic acid groups (broad SMARTS) is 1. The number of fused-ring (bicyclic) bond motifs is 4. The molecule has 1 aliphatic rings. The van der Waals surface area contributed by atoms with Gasteiger partial charge in [0.25, 0.3) is 5.91 Å². The van der Waals surface area contributed by atoms with Crippen molar-refractivity contribution in [3.05, 3.63) is 102 Å². The molecule has 0 saturated carbocycles. The van der Waals surface area contributed by atoms with Gasteiger partial charge in [0.05, 0.1) is 26.7 Å². The number of carbonyl (C=O) groups is 3. The molecule has 0 aliphatic carbocycles. The van der Waals surface area contributed by atoms with Crippen LogP contribution in [-0.2, 0) is 9.59 Å². The van der Waals surface area contributed by atoms with Crippen molar-refractivity contribution in [3.8, 4) is 11.5 Å². The predicted molar refractivity (Wildman–Crippen MR) is 183 cm³/mol. The lowest BCUT2D eigenvalue weighted by Gasteiger charge is -2.42. The molecule has 0 bridgehead atoms. The maximum absolute atomic E-state index is 14.5. The molecule has 2 unspecified atom stereocenters. The van der Waals surface area contributed by atoms with Crippen molar-refractivity contribution in [2.45, 2.75) is 50.6 Å². The van der Waals surface area contributed by atoms with Gasteiger partial charge in [0, 0.05) is 52.1 Å². The van der Waals surface area contributed by atoms with Crippen LogP contribution in [0.5, 0.6) is 11.5 Å². The van der Waals surface area contributed by atoms with Gasteiger partial charge in [-0.05, 0) is 61.2 Å². The highest BCUT2D eigenvalue weighted by molar-refractivity contribution is 6.09. The van der Waals surface area contributed by atoms with Crippen LogP contribution in [0.1, 0.15) is 60.5 Å². The van der Waals surface area contributed by atoms with Crippen molar-refractivity contribution >= 4 is 45.3 Å². The van der Waals surface area contributed by atoms with Crippen molar-refractivity contribution in [2.75, 3.05) is 25.7 Å². The summed E-state index contributed by atoms with van der Waals surface area (Å²) in [6.07, 6.45) is 2.89. The van der Waals surface area contributed by atoms with Gasteiger partial charge in [-0.25, -0.2) is 0 Å². The van der Waals surface area contributed by atoms with Crippen LogP contribution in [-0.4, -0.2) is 54.3 Å². The molecule has 0 spiro atoms. The number of hydrogen-bond acceptors (Lipinski definition) is 5. The number of anilines is 1. The zero-order chi connectivity index (χ0) is 32.9. The molecule has 242 valence electrons. The molecule has 0 radical (unpaired) electrons. The van der Waals surface area contributed by atoms with Crippen LogP contribution in [0.4, 0.5) is 5.69 Å². The van der Waals surface area contributed by atoms with Crippen molar-refractivity contribution in [1.82, 2.24) is 9.88 Å². The second-order valence-corrected chi connectivity index (χ2v) is 11.9. The molecule has 5 aromatic rings. The Morgan fingerprint density at radius 1 is 0.809 bits per heavy atom. The SMILES string of the molecule is COc1ccc(C(=O)N2c3ccccc3C(n3c4ccccc4c4ccccc43)CC2CCCCC(=O)NCCC(=O)O)cc1OC. The quantitative estimate of drug-likeness (QED) is 0.144. The predicted octanol–water partition coefficient (Wildman–Crippen LogP) is 6.97. The zero-order valence-electron chi connectivity index (χ0n) is 26.6. The van der Waals surface area contributed by atoms with E-state index in [0.717, 1.165) is 28.7 Å². The van der Waals surface area contributed by atoms with E-state index in [2.05, 4.69) is 64.5 Å². The number of benzene rings is 4. The van der Waals surface area contributed by atoms with Crippen LogP contribution in [0.2, 0.25) is 0 Å². The second-order valence-electron chi connectivity index (χ2n) is 11.9. The van der Waals surface area contributed by atoms with Gasteiger partial charge in [0.1, 0.15) is 0 Å². The molecule has 2 heterocycles. The van der Waals surface area contributed by atoms with E-state index >= 15 is 0 Å². The van der Waals surface area contributed by atoms with Gasteiger partial charge in [-0.2, -0.15) is 0 Å². The summed E-state index contributed by atoms with van der Waals surface area (Å²) < 4.78 is 13.4. The van der Waals surface area contributed by atoms with Crippen molar-refractivity contribution in [2.24, 2.45) is 0 Å². The number of rotatable bonds is 12. The lowest BCUT2D eigenvalue weighted by atomic mass is 9.87. The summed E-state index contributed by atoms with van der Waals surface area (Å²) in [7, 11) is 3.12. The Labute approximate surface area is 273 Å². The molecule has 47 heavy (non-hydrogen) atoms. The molecule has 6 rings (SSSR count). The summed E-state index contributed by atoms with van der Waals surface area (Å²) in [4.78, 5) is 39.6. The number of unbranched alkanes of at least 4 members (excludes halogenated alkanes) is 1. The highest BCUT2D eigenvalue weighted by atomic mass is 16.5. The number of ether oxygens (including phenoxy) is 2. The minimum Gasteiger partial charge on any atom is -0.493 e. The first-order valence-electron chi connectivity index (χ1n) is 16.0. The Morgan fingerprint density at radius 2 is 1.47 bits per heavy atom. The number of aliphatic carboxylic acids is 1.